The van der Waals surface area contributed by atoms with Crippen molar-refractivity contribution in [2.24, 2.45) is 0 Å². The lowest BCUT2D eigenvalue weighted by Crippen LogP contribution is -1.99. The molecule has 0 aliphatic carbocycles. The fraction of sp³-hybridized carbons (Fsp3) is 0.0256. The molecule has 0 amide bonds. The van der Waals surface area contributed by atoms with Crippen molar-refractivity contribution in [1.29, 1.82) is 0 Å². The first-order valence-electron chi connectivity index (χ1n) is 14.9. The van der Waals surface area contributed by atoms with Crippen molar-refractivity contribution in [3.63, 3.8) is 0 Å². The zero-order valence-corrected chi connectivity index (χ0v) is 24.8. The summed E-state index contributed by atoms with van der Waals surface area (Å²) in [4.78, 5) is 11.2. The number of pyridine rings is 1. The monoisotopic (exact) mass is 599 g/mol. The second-order valence-electron chi connectivity index (χ2n) is 11.6. The van der Waals surface area contributed by atoms with Crippen LogP contribution in [0.1, 0.15) is 5.56 Å². The van der Waals surface area contributed by atoms with E-state index in [1.807, 2.05) is 12.1 Å². The molecule has 0 radical (unpaired) electrons. The van der Waals surface area contributed by atoms with Crippen LogP contribution < -0.4 is 0 Å². The van der Waals surface area contributed by atoms with Gasteiger partial charge in [0.2, 0.25) is 0 Å². The predicted octanol–water partition coefficient (Wildman–Crippen LogP) is 11.1. The quantitative estimate of drug-likeness (QED) is 0.199. The van der Waals surface area contributed by atoms with E-state index in [1.54, 1.807) is 23.5 Å². The van der Waals surface area contributed by atoms with Gasteiger partial charge in [-0.05, 0) is 77.9 Å². The summed E-state index contributed by atoms with van der Waals surface area (Å²) in [7, 11) is 0. The number of hydrogen-bond acceptors (Lipinski definition) is 4. The molecule has 4 aromatic heterocycles. The number of rotatable bonds is 2. The molecule has 6 aromatic carbocycles. The van der Waals surface area contributed by atoms with Crippen LogP contribution in [-0.2, 0) is 0 Å². The van der Waals surface area contributed by atoms with Crippen LogP contribution in [0.4, 0.5) is 4.39 Å². The smallest absolute Gasteiger partial charge is 0.159 e. The largest absolute Gasteiger partial charge is 0.454 e. The molecule has 0 saturated carbocycles. The standard InChI is InChI=1S/C39H22FN3OS/c1-21-13-16-32(36-35(21)27-9-4-5-12-34(27)44-36)43-33-20-23-8-3-2-7-22(23)19-31(33)41-38(43)28-11-6-10-26-29-18-24-17-25(40)14-15-30(24)42-39(29)45-37(26)28/h2-20H,1H3. The van der Waals surface area contributed by atoms with Gasteiger partial charge < -0.3 is 4.42 Å². The summed E-state index contributed by atoms with van der Waals surface area (Å²) in [5.74, 6) is 0.568. The van der Waals surface area contributed by atoms with Gasteiger partial charge in [0.1, 0.15) is 22.1 Å². The number of nitrogens with zero attached hydrogens (tertiary/aromatic N) is 3. The number of hydrogen-bond donors (Lipinski definition) is 0. The molecule has 0 bridgehead atoms. The molecule has 0 saturated heterocycles. The van der Waals surface area contributed by atoms with E-state index in [0.717, 1.165) is 97.6 Å². The summed E-state index contributed by atoms with van der Waals surface area (Å²) in [6.07, 6.45) is 0. The Morgan fingerprint density at radius 3 is 2.42 bits per heavy atom. The molecule has 10 aromatic rings. The van der Waals surface area contributed by atoms with Gasteiger partial charge in [-0.25, -0.2) is 14.4 Å². The number of thiophene rings is 1. The van der Waals surface area contributed by atoms with E-state index in [1.165, 1.54) is 6.07 Å². The van der Waals surface area contributed by atoms with Crippen LogP contribution in [-0.4, -0.2) is 14.5 Å². The molecule has 0 N–H and O–H groups in total. The molecule has 0 aliphatic heterocycles. The molecule has 0 fully saturated rings. The predicted molar refractivity (Wildman–Crippen MR) is 184 cm³/mol. The highest BCUT2D eigenvalue weighted by molar-refractivity contribution is 7.26. The number of imidazole rings is 1. The van der Waals surface area contributed by atoms with Crippen molar-refractivity contribution in [2.45, 2.75) is 6.92 Å². The van der Waals surface area contributed by atoms with E-state index in [2.05, 4.69) is 96.4 Å². The highest BCUT2D eigenvalue weighted by Crippen LogP contribution is 2.43. The maximum atomic E-state index is 14.1. The lowest BCUT2D eigenvalue weighted by atomic mass is 10.1. The van der Waals surface area contributed by atoms with Gasteiger partial charge in [0.05, 0.1) is 22.2 Å². The molecule has 10 rings (SSSR count). The van der Waals surface area contributed by atoms with Gasteiger partial charge in [-0.2, -0.15) is 0 Å². The van der Waals surface area contributed by atoms with Gasteiger partial charge in [-0.1, -0.05) is 60.7 Å². The lowest BCUT2D eigenvalue weighted by molar-refractivity contribution is 0.629. The number of fused-ring (bicyclic) bond motifs is 9. The summed E-state index contributed by atoms with van der Waals surface area (Å²) in [6.45, 7) is 2.13. The number of benzene rings is 6. The van der Waals surface area contributed by atoms with Crippen LogP contribution >= 0.6 is 11.3 Å². The maximum Gasteiger partial charge on any atom is 0.159 e. The van der Waals surface area contributed by atoms with E-state index < -0.39 is 0 Å². The number of halogens is 1. The Kier molecular flexibility index (Phi) is 4.95. The van der Waals surface area contributed by atoms with Gasteiger partial charge >= 0.3 is 0 Å². The number of aryl methyl sites for hydroxylation is 1. The summed E-state index contributed by atoms with van der Waals surface area (Å²) in [5.41, 5.74) is 7.51. The average Bonchev–Trinajstić information content (AvgIpc) is 3.74. The van der Waals surface area contributed by atoms with E-state index in [9.17, 15) is 4.39 Å². The molecule has 212 valence electrons. The Labute approximate surface area is 259 Å². The third-order valence-electron chi connectivity index (χ3n) is 8.96. The van der Waals surface area contributed by atoms with Crippen LogP contribution in [0.5, 0.6) is 0 Å². The Bertz CT molecular complexity index is 2860. The number of aromatic nitrogens is 3. The van der Waals surface area contributed by atoms with E-state index in [-0.39, 0.29) is 5.82 Å². The van der Waals surface area contributed by atoms with Crippen molar-refractivity contribution in [3.8, 4) is 17.1 Å². The van der Waals surface area contributed by atoms with Crippen LogP contribution in [0.3, 0.4) is 0 Å². The molecule has 0 spiro atoms. The SMILES string of the molecule is Cc1ccc(-n2c(-c3cccc4c3sc3nc5ccc(F)cc5cc34)nc3cc4ccccc4cc32)c2oc3ccccc3c12. The van der Waals surface area contributed by atoms with Crippen molar-refractivity contribution in [2.75, 3.05) is 0 Å². The van der Waals surface area contributed by atoms with Crippen molar-refractivity contribution >= 4 is 86.3 Å². The van der Waals surface area contributed by atoms with Crippen molar-refractivity contribution in [3.05, 3.63) is 127 Å². The minimum absolute atomic E-state index is 0.264. The number of para-hydroxylation sites is 1. The van der Waals surface area contributed by atoms with Gasteiger partial charge in [-0.15, -0.1) is 11.3 Å². The second-order valence-corrected chi connectivity index (χ2v) is 12.6. The van der Waals surface area contributed by atoms with E-state index in [0.29, 0.717) is 0 Å². The third kappa shape index (κ3) is 3.51. The molecule has 0 unspecified atom stereocenters. The first-order valence-corrected chi connectivity index (χ1v) is 15.7. The summed E-state index contributed by atoms with van der Waals surface area (Å²) >= 11 is 1.65. The fourth-order valence-corrected chi connectivity index (χ4v) is 8.05. The Morgan fingerprint density at radius 1 is 0.689 bits per heavy atom. The van der Waals surface area contributed by atoms with Gasteiger partial charge in [-0.3, -0.25) is 4.57 Å². The molecule has 4 nitrogen and oxygen atoms in total. The average molecular weight is 600 g/mol. The highest BCUT2D eigenvalue weighted by atomic mass is 32.1. The van der Waals surface area contributed by atoms with Crippen LogP contribution in [0.2, 0.25) is 0 Å². The van der Waals surface area contributed by atoms with Gasteiger partial charge in [0.25, 0.3) is 0 Å². The van der Waals surface area contributed by atoms with Crippen LogP contribution in [0.25, 0.3) is 92.0 Å². The summed E-state index contributed by atoms with van der Waals surface area (Å²) in [5, 5.41) is 7.38. The molecule has 4 heterocycles. The Hall–Kier alpha value is -5.59. The first kappa shape index (κ1) is 24.8. The minimum atomic E-state index is -0.264. The first-order chi connectivity index (χ1) is 22.1. The zero-order valence-electron chi connectivity index (χ0n) is 24.0. The highest BCUT2D eigenvalue weighted by Gasteiger charge is 2.23. The fourth-order valence-electron chi connectivity index (χ4n) is 6.88. The van der Waals surface area contributed by atoms with E-state index >= 15 is 0 Å². The topological polar surface area (TPSA) is 43.9 Å². The third-order valence-corrected chi connectivity index (χ3v) is 10.1. The molecule has 0 atom stereocenters. The second kappa shape index (κ2) is 8.97. The molecular formula is C39H22FN3OS. The van der Waals surface area contributed by atoms with Gasteiger partial charge in [0, 0.05) is 37.2 Å². The molecule has 0 aliphatic rings. The van der Waals surface area contributed by atoms with Crippen LogP contribution in [0.15, 0.2) is 120 Å². The lowest BCUT2D eigenvalue weighted by Gasteiger charge is -2.12. The Morgan fingerprint density at radius 2 is 1.51 bits per heavy atom. The minimum Gasteiger partial charge on any atom is -0.454 e. The van der Waals surface area contributed by atoms with E-state index in [4.69, 9.17) is 14.4 Å². The Balaban J connectivity index is 1.34. The summed E-state index contributed by atoms with van der Waals surface area (Å²) < 4.78 is 24.1. The maximum absolute atomic E-state index is 14.1. The summed E-state index contributed by atoms with van der Waals surface area (Å²) in [6, 6.07) is 38.5. The van der Waals surface area contributed by atoms with Crippen molar-refractivity contribution in [1.82, 2.24) is 14.5 Å². The van der Waals surface area contributed by atoms with Crippen molar-refractivity contribution < 1.29 is 8.81 Å². The van der Waals surface area contributed by atoms with Crippen LogP contribution in [0, 0.1) is 12.7 Å². The normalized spacial score (nSPS) is 12.2. The molecule has 6 heteroatoms. The zero-order chi connectivity index (χ0) is 29.8. The number of furan rings is 1. The van der Waals surface area contributed by atoms with Gasteiger partial charge in [0.15, 0.2) is 5.58 Å². The molecule has 45 heavy (non-hydrogen) atoms. The molecular weight excluding hydrogens is 578 g/mol.